The average molecular weight is 403 g/mol. The van der Waals surface area contributed by atoms with E-state index in [-0.39, 0.29) is 11.8 Å². The molecule has 148 valence electrons. The van der Waals surface area contributed by atoms with Crippen molar-refractivity contribution in [1.29, 1.82) is 0 Å². The summed E-state index contributed by atoms with van der Waals surface area (Å²) < 4.78 is 11.3. The normalized spacial score (nSPS) is 13.9. The van der Waals surface area contributed by atoms with Gasteiger partial charge < -0.3 is 20.1 Å². The Morgan fingerprint density at radius 1 is 1.21 bits per heavy atom. The van der Waals surface area contributed by atoms with Crippen molar-refractivity contribution < 1.29 is 19.1 Å². The first-order valence-corrected chi connectivity index (χ1v) is 9.56. The van der Waals surface area contributed by atoms with Crippen molar-refractivity contribution in [3.63, 3.8) is 0 Å². The highest BCUT2D eigenvalue weighted by atomic mass is 35.5. The average Bonchev–Trinajstić information content (AvgIpc) is 2.68. The lowest BCUT2D eigenvalue weighted by molar-refractivity contribution is -0.127. The van der Waals surface area contributed by atoms with Crippen LogP contribution in [0.25, 0.3) is 0 Å². The van der Waals surface area contributed by atoms with E-state index in [9.17, 15) is 9.59 Å². The monoisotopic (exact) mass is 402 g/mol. The molecule has 1 aliphatic rings. The minimum Gasteiger partial charge on any atom is -0.492 e. The van der Waals surface area contributed by atoms with Gasteiger partial charge in [0.1, 0.15) is 18.1 Å². The summed E-state index contributed by atoms with van der Waals surface area (Å²) in [5.41, 5.74) is 2.78. The number of hydrogen-bond donors (Lipinski definition) is 2. The van der Waals surface area contributed by atoms with E-state index in [2.05, 4.69) is 10.6 Å². The molecule has 1 atom stereocenters. The molecule has 0 aromatic heterocycles. The van der Waals surface area contributed by atoms with E-state index in [4.69, 9.17) is 21.1 Å². The largest absolute Gasteiger partial charge is 0.492 e. The number of carbonyl (C=O) groups is 2. The Bertz CT molecular complexity index is 885. The highest BCUT2D eigenvalue weighted by Crippen LogP contribution is 2.26. The first-order valence-electron chi connectivity index (χ1n) is 9.18. The maximum atomic E-state index is 12.2. The number of carbonyl (C=O) groups excluding carboxylic acids is 2. The molecule has 0 bridgehead atoms. The van der Waals surface area contributed by atoms with Crippen LogP contribution in [-0.4, -0.2) is 31.1 Å². The molecule has 0 radical (unpaired) electrons. The second-order valence-corrected chi connectivity index (χ2v) is 7.08. The number of anilines is 1. The Hall–Kier alpha value is -2.73. The molecule has 3 rings (SSSR count). The van der Waals surface area contributed by atoms with Crippen LogP contribution in [0.4, 0.5) is 5.69 Å². The van der Waals surface area contributed by atoms with Crippen LogP contribution in [0.1, 0.15) is 24.5 Å². The predicted octanol–water partition coefficient (Wildman–Crippen LogP) is 3.50. The third kappa shape index (κ3) is 5.16. The maximum Gasteiger partial charge on any atom is 0.260 e. The number of rotatable bonds is 7. The molecule has 0 spiro atoms. The summed E-state index contributed by atoms with van der Waals surface area (Å²) in [5.74, 6) is 1.13. The van der Waals surface area contributed by atoms with Gasteiger partial charge in [-0.3, -0.25) is 9.59 Å². The molecule has 1 aliphatic heterocycles. The van der Waals surface area contributed by atoms with Gasteiger partial charge in [-0.05, 0) is 67.8 Å². The van der Waals surface area contributed by atoms with Gasteiger partial charge in [0.15, 0.2) is 6.10 Å². The van der Waals surface area contributed by atoms with Crippen molar-refractivity contribution in [1.82, 2.24) is 5.32 Å². The molecule has 2 amide bonds. The molecule has 0 saturated carbocycles. The van der Waals surface area contributed by atoms with Gasteiger partial charge in [0.2, 0.25) is 5.91 Å². The van der Waals surface area contributed by atoms with Gasteiger partial charge in [-0.1, -0.05) is 11.6 Å². The standard InChI is InChI=1S/C21H23ClN2O4/c1-13-11-17(4-6-18(13)22)28-14(2)21(26)23-9-10-27-16-5-7-19-15(12-16)3-8-20(25)24-19/h4-7,11-12,14H,3,8-10H2,1-2H3,(H,23,26)(H,24,25). The fourth-order valence-corrected chi connectivity index (χ4v) is 3.00. The third-order valence-corrected chi connectivity index (χ3v) is 4.88. The second kappa shape index (κ2) is 8.97. The maximum absolute atomic E-state index is 12.2. The smallest absolute Gasteiger partial charge is 0.260 e. The van der Waals surface area contributed by atoms with Crippen molar-refractivity contribution in [3.05, 3.63) is 52.5 Å². The third-order valence-electron chi connectivity index (χ3n) is 4.45. The Labute approximate surface area is 169 Å². The molecule has 0 fully saturated rings. The van der Waals surface area contributed by atoms with Crippen LogP contribution in [0.3, 0.4) is 0 Å². The molecule has 2 aromatic rings. The summed E-state index contributed by atoms with van der Waals surface area (Å²) in [6.07, 6.45) is 0.555. The molecule has 28 heavy (non-hydrogen) atoms. The van der Waals surface area contributed by atoms with Crippen LogP contribution < -0.4 is 20.1 Å². The molecule has 2 aromatic carbocycles. The molecule has 1 unspecified atom stereocenters. The summed E-state index contributed by atoms with van der Waals surface area (Å²) in [6, 6.07) is 10.8. The molecule has 1 heterocycles. The Kier molecular flexibility index (Phi) is 6.41. The molecule has 7 heteroatoms. The lowest BCUT2D eigenvalue weighted by Gasteiger charge is -2.18. The minimum absolute atomic E-state index is 0.0361. The number of hydrogen-bond acceptors (Lipinski definition) is 4. The highest BCUT2D eigenvalue weighted by molar-refractivity contribution is 6.31. The van der Waals surface area contributed by atoms with Crippen molar-refractivity contribution in [2.75, 3.05) is 18.5 Å². The topological polar surface area (TPSA) is 76.7 Å². The predicted molar refractivity (Wildman–Crippen MR) is 108 cm³/mol. The van der Waals surface area contributed by atoms with Crippen LogP contribution in [0.15, 0.2) is 36.4 Å². The zero-order chi connectivity index (χ0) is 20.1. The van der Waals surface area contributed by atoms with Crippen LogP contribution in [-0.2, 0) is 16.0 Å². The van der Waals surface area contributed by atoms with Crippen molar-refractivity contribution >= 4 is 29.1 Å². The van der Waals surface area contributed by atoms with Crippen molar-refractivity contribution in [2.45, 2.75) is 32.8 Å². The zero-order valence-corrected chi connectivity index (χ0v) is 16.6. The van der Waals surface area contributed by atoms with E-state index in [1.165, 1.54) is 0 Å². The summed E-state index contributed by atoms with van der Waals surface area (Å²) in [4.78, 5) is 23.6. The summed E-state index contributed by atoms with van der Waals surface area (Å²) >= 11 is 5.99. The first kappa shape index (κ1) is 20.0. The Morgan fingerprint density at radius 3 is 2.79 bits per heavy atom. The van der Waals surface area contributed by atoms with E-state index in [1.54, 1.807) is 31.2 Å². The molecule has 6 nitrogen and oxygen atoms in total. The van der Waals surface area contributed by atoms with Crippen LogP contribution in [0.2, 0.25) is 5.02 Å². The molecule has 2 N–H and O–H groups in total. The van der Waals surface area contributed by atoms with Gasteiger partial charge >= 0.3 is 0 Å². The quantitative estimate of drug-likeness (QED) is 0.695. The van der Waals surface area contributed by atoms with Crippen molar-refractivity contribution in [2.24, 2.45) is 0 Å². The molecular formula is C21H23ClN2O4. The number of aryl methyl sites for hydroxylation is 2. The van der Waals surface area contributed by atoms with Gasteiger partial charge in [-0.15, -0.1) is 0 Å². The number of amides is 2. The van der Waals surface area contributed by atoms with Crippen LogP contribution in [0, 0.1) is 6.92 Å². The fourth-order valence-electron chi connectivity index (χ4n) is 2.88. The summed E-state index contributed by atoms with van der Waals surface area (Å²) in [7, 11) is 0. The van der Waals surface area contributed by atoms with E-state index < -0.39 is 6.10 Å². The first-order chi connectivity index (χ1) is 13.4. The number of fused-ring (bicyclic) bond motifs is 1. The lowest BCUT2D eigenvalue weighted by atomic mass is 10.0. The van der Waals surface area contributed by atoms with Gasteiger partial charge in [-0.2, -0.15) is 0 Å². The van der Waals surface area contributed by atoms with E-state index in [0.717, 1.165) is 16.8 Å². The number of nitrogens with one attached hydrogen (secondary N) is 2. The van der Waals surface area contributed by atoms with Gasteiger partial charge in [-0.25, -0.2) is 0 Å². The Morgan fingerprint density at radius 2 is 2.00 bits per heavy atom. The fraction of sp³-hybridized carbons (Fsp3) is 0.333. The molecule has 0 saturated heterocycles. The minimum atomic E-state index is -0.632. The van der Waals surface area contributed by atoms with Gasteiger partial charge in [0, 0.05) is 17.1 Å². The second-order valence-electron chi connectivity index (χ2n) is 6.68. The summed E-state index contributed by atoms with van der Waals surface area (Å²) in [5, 5.41) is 6.29. The van der Waals surface area contributed by atoms with Gasteiger partial charge in [0.25, 0.3) is 5.91 Å². The van der Waals surface area contributed by atoms with Crippen LogP contribution in [0.5, 0.6) is 11.5 Å². The zero-order valence-electron chi connectivity index (χ0n) is 15.9. The Balaban J connectivity index is 1.42. The lowest BCUT2D eigenvalue weighted by Crippen LogP contribution is -2.38. The number of halogens is 1. The van der Waals surface area contributed by atoms with E-state index >= 15 is 0 Å². The van der Waals surface area contributed by atoms with E-state index in [1.807, 2.05) is 19.1 Å². The summed E-state index contributed by atoms with van der Waals surface area (Å²) in [6.45, 7) is 4.27. The van der Waals surface area contributed by atoms with Crippen LogP contribution >= 0.6 is 11.6 Å². The SMILES string of the molecule is Cc1cc(OC(C)C(=O)NCCOc2ccc3c(c2)CCC(=O)N3)ccc1Cl. The molecular weight excluding hydrogens is 380 g/mol. The van der Waals surface area contributed by atoms with E-state index in [0.29, 0.717) is 42.5 Å². The highest BCUT2D eigenvalue weighted by Gasteiger charge is 2.16. The number of ether oxygens (including phenoxy) is 2. The van der Waals surface area contributed by atoms with Gasteiger partial charge in [0.05, 0.1) is 6.54 Å². The number of benzene rings is 2. The molecule has 0 aliphatic carbocycles. The van der Waals surface area contributed by atoms with Crippen molar-refractivity contribution in [3.8, 4) is 11.5 Å².